The Hall–Kier alpha value is -4.71. The van der Waals surface area contributed by atoms with Gasteiger partial charge in [-0.3, -0.25) is 10.1 Å². The summed E-state index contributed by atoms with van der Waals surface area (Å²) in [4.78, 5) is 8.02. The van der Waals surface area contributed by atoms with Crippen LogP contribution in [0, 0.1) is 5.82 Å². The summed E-state index contributed by atoms with van der Waals surface area (Å²) >= 11 is 0. The summed E-state index contributed by atoms with van der Waals surface area (Å²) < 4.78 is 13.9. The van der Waals surface area contributed by atoms with E-state index in [0.29, 0.717) is 0 Å². The predicted molar refractivity (Wildman–Crippen MR) is 156 cm³/mol. The fourth-order valence-electron chi connectivity index (χ4n) is 4.66. The topological polar surface area (TPSA) is 69.4 Å². The van der Waals surface area contributed by atoms with Crippen molar-refractivity contribution in [3.05, 3.63) is 115 Å². The van der Waals surface area contributed by atoms with E-state index in [1.807, 2.05) is 31.2 Å². The van der Waals surface area contributed by atoms with Crippen molar-refractivity contribution in [3.8, 4) is 22.6 Å². The largest absolute Gasteiger partial charge is 0.359 e. The second kappa shape index (κ2) is 10.7. The molecule has 0 fully saturated rings. The Kier molecular flexibility index (Phi) is 7.05. The lowest BCUT2D eigenvalue weighted by atomic mass is 10.0. The second-order valence-electron chi connectivity index (χ2n) is 9.17. The average Bonchev–Trinajstić information content (AvgIpc) is 3.54. The molecule has 3 heterocycles. The molecule has 0 unspecified atom stereocenters. The van der Waals surface area contributed by atoms with Crippen LogP contribution in [0.4, 0.5) is 4.39 Å². The third-order valence-electron chi connectivity index (χ3n) is 6.51. The fraction of sp³-hybridized carbons (Fsp3) is 0.125. The zero-order chi connectivity index (χ0) is 26.6. The van der Waals surface area contributed by atoms with Gasteiger partial charge in [-0.15, -0.1) is 0 Å². The van der Waals surface area contributed by atoms with E-state index in [-0.39, 0.29) is 5.82 Å². The lowest BCUT2D eigenvalue weighted by Crippen LogP contribution is -2.10. The van der Waals surface area contributed by atoms with E-state index < -0.39 is 0 Å². The molecule has 6 heteroatoms. The lowest BCUT2D eigenvalue weighted by Gasteiger charge is -2.11. The monoisotopic (exact) mass is 503 g/mol. The smallest absolute Gasteiger partial charge is 0.123 e. The van der Waals surface area contributed by atoms with Gasteiger partial charge in [0.1, 0.15) is 11.5 Å². The normalized spacial score (nSPS) is 12.3. The summed E-state index contributed by atoms with van der Waals surface area (Å²) in [5, 5.41) is 13.0. The molecule has 0 saturated heterocycles. The molecule has 0 atom stereocenters. The van der Waals surface area contributed by atoms with Gasteiger partial charge < -0.3 is 10.3 Å². The maximum absolute atomic E-state index is 13.9. The number of nitrogens with zero attached hydrogens (tertiary/aromatic N) is 2. The number of rotatable bonds is 9. The molecule has 5 rings (SSSR count). The van der Waals surface area contributed by atoms with Crippen molar-refractivity contribution in [2.24, 2.45) is 0 Å². The molecule has 5 aromatic rings. The molecular weight excluding hydrogens is 473 g/mol. The molecule has 0 aliphatic rings. The van der Waals surface area contributed by atoms with E-state index in [0.717, 1.165) is 79.8 Å². The molecule has 38 heavy (non-hydrogen) atoms. The number of fused-ring (bicyclic) bond motifs is 2. The summed E-state index contributed by atoms with van der Waals surface area (Å²) in [7, 11) is 0. The van der Waals surface area contributed by atoms with Gasteiger partial charge in [0.05, 0.1) is 16.9 Å². The minimum Gasteiger partial charge on any atom is -0.359 e. The van der Waals surface area contributed by atoms with Crippen LogP contribution in [0.1, 0.15) is 32.3 Å². The maximum atomic E-state index is 13.9. The van der Waals surface area contributed by atoms with E-state index >= 15 is 0 Å². The van der Waals surface area contributed by atoms with E-state index in [9.17, 15) is 4.39 Å². The van der Waals surface area contributed by atoms with Gasteiger partial charge in [-0.1, -0.05) is 50.8 Å². The maximum Gasteiger partial charge on any atom is 0.123 e. The van der Waals surface area contributed by atoms with Crippen molar-refractivity contribution in [3.63, 3.8) is 0 Å². The van der Waals surface area contributed by atoms with Gasteiger partial charge in [0.15, 0.2) is 0 Å². The number of hydrogen-bond donors (Lipinski definition) is 3. The Morgan fingerprint density at radius 3 is 2.66 bits per heavy atom. The first-order valence-electron chi connectivity index (χ1n) is 12.7. The van der Waals surface area contributed by atoms with E-state index in [2.05, 4.69) is 69.8 Å². The summed E-state index contributed by atoms with van der Waals surface area (Å²) in [6.07, 6.45) is 9.63. The SMILES string of the molecule is C=C/C(=C\C(=C/C)c1ccc2[nH]nc(-c3cc4c(-c5cccc(F)c5)nccc4[nH]3)c2c1)NC(=C)CCC. The number of benzene rings is 2. The van der Waals surface area contributed by atoms with Crippen molar-refractivity contribution in [2.75, 3.05) is 0 Å². The number of hydrogen-bond acceptors (Lipinski definition) is 3. The Morgan fingerprint density at radius 2 is 1.89 bits per heavy atom. The standard InChI is InChI=1S/C32H30FN5/c1-5-9-20(4)35-25(7-3)17-21(6-2)22-12-13-29-26(18-22)32(38-37-29)30-19-27-28(36-30)14-15-34-31(27)23-10-8-11-24(33)16-23/h6-8,10-19,35-36H,3-5,9H2,1-2H3,(H,37,38)/b21-6+,25-17+. The van der Waals surface area contributed by atoms with Gasteiger partial charge in [-0.25, -0.2) is 4.39 Å². The highest BCUT2D eigenvalue weighted by Gasteiger charge is 2.15. The van der Waals surface area contributed by atoms with Crippen LogP contribution in [0.3, 0.4) is 0 Å². The Balaban J connectivity index is 1.55. The van der Waals surface area contributed by atoms with Crippen LogP contribution in [0.25, 0.3) is 50.0 Å². The van der Waals surface area contributed by atoms with Crippen LogP contribution in [-0.4, -0.2) is 20.2 Å². The van der Waals surface area contributed by atoms with Crippen molar-refractivity contribution in [1.29, 1.82) is 0 Å². The minimum absolute atomic E-state index is 0.291. The number of halogens is 1. The molecule has 0 amide bonds. The van der Waals surface area contributed by atoms with Crippen molar-refractivity contribution >= 4 is 27.4 Å². The quantitative estimate of drug-likeness (QED) is 0.177. The van der Waals surface area contributed by atoms with Gasteiger partial charge >= 0.3 is 0 Å². The molecule has 0 saturated carbocycles. The third-order valence-corrected chi connectivity index (χ3v) is 6.51. The molecular formula is C32H30FN5. The molecule has 190 valence electrons. The highest BCUT2D eigenvalue weighted by molar-refractivity contribution is 6.00. The number of aromatic nitrogens is 4. The first-order valence-corrected chi connectivity index (χ1v) is 12.7. The van der Waals surface area contributed by atoms with Gasteiger partial charge in [0.2, 0.25) is 0 Å². The van der Waals surface area contributed by atoms with E-state index in [1.54, 1.807) is 18.3 Å². The zero-order valence-corrected chi connectivity index (χ0v) is 21.6. The van der Waals surface area contributed by atoms with Crippen molar-refractivity contribution < 1.29 is 4.39 Å². The highest BCUT2D eigenvalue weighted by Crippen LogP contribution is 2.34. The molecule has 0 spiro atoms. The highest BCUT2D eigenvalue weighted by atomic mass is 19.1. The Bertz CT molecular complexity index is 1720. The molecule has 5 nitrogen and oxygen atoms in total. The zero-order valence-electron chi connectivity index (χ0n) is 21.6. The molecule has 0 radical (unpaired) electrons. The van der Waals surface area contributed by atoms with Gasteiger partial charge in [-0.05, 0) is 73.0 Å². The predicted octanol–water partition coefficient (Wildman–Crippen LogP) is 8.29. The second-order valence-corrected chi connectivity index (χ2v) is 9.17. The van der Waals surface area contributed by atoms with Crippen LogP contribution < -0.4 is 5.32 Å². The van der Waals surface area contributed by atoms with Crippen LogP contribution in [0.5, 0.6) is 0 Å². The van der Waals surface area contributed by atoms with Crippen molar-refractivity contribution in [2.45, 2.75) is 26.7 Å². The Morgan fingerprint density at radius 1 is 1.05 bits per heavy atom. The number of allylic oxidation sites excluding steroid dienone is 5. The number of nitrogens with one attached hydrogen (secondary N) is 3. The molecule has 3 aromatic heterocycles. The lowest BCUT2D eigenvalue weighted by molar-refractivity contribution is 0.628. The van der Waals surface area contributed by atoms with Crippen LogP contribution in [0.15, 0.2) is 104 Å². The van der Waals surface area contributed by atoms with E-state index in [4.69, 9.17) is 0 Å². The molecule has 3 N–H and O–H groups in total. The first kappa shape index (κ1) is 25.0. The van der Waals surface area contributed by atoms with Crippen LogP contribution in [-0.2, 0) is 0 Å². The third kappa shape index (κ3) is 4.93. The molecule has 2 aromatic carbocycles. The van der Waals surface area contributed by atoms with Gasteiger partial charge in [0, 0.05) is 39.4 Å². The summed E-state index contributed by atoms with van der Waals surface area (Å²) in [6.45, 7) is 12.2. The molecule has 0 aliphatic carbocycles. The summed E-state index contributed by atoms with van der Waals surface area (Å²) in [6, 6.07) is 16.7. The van der Waals surface area contributed by atoms with Gasteiger partial charge in [0.25, 0.3) is 0 Å². The van der Waals surface area contributed by atoms with Crippen LogP contribution in [0.2, 0.25) is 0 Å². The van der Waals surface area contributed by atoms with Gasteiger partial charge in [-0.2, -0.15) is 5.10 Å². The fourth-order valence-corrected chi connectivity index (χ4v) is 4.66. The number of pyridine rings is 1. The number of H-pyrrole nitrogens is 2. The minimum atomic E-state index is -0.291. The summed E-state index contributed by atoms with van der Waals surface area (Å²) in [5.41, 5.74) is 8.94. The Labute approximate surface area is 221 Å². The first-order chi connectivity index (χ1) is 18.5. The van der Waals surface area contributed by atoms with Crippen molar-refractivity contribution in [1.82, 2.24) is 25.5 Å². The molecule has 0 aliphatic heterocycles. The number of aromatic amines is 2. The average molecular weight is 504 g/mol. The van der Waals surface area contributed by atoms with Crippen LogP contribution >= 0.6 is 0 Å². The molecule has 0 bridgehead atoms. The summed E-state index contributed by atoms with van der Waals surface area (Å²) in [5.74, 6) is -0.291. The van der Waals surface area contributed by atoms with E-state index in [1.165, 1.54) is 12.1 Å².